The number of benzene rings is 3. The minimum Gasteiger partial charge on any atom is -0.490 e. The van der Waals surface area contributed by atoms with Gasteiger partial charge in [0.05, 0.1) is 6.04 Å². The summed E-state index contributed by atoms with van der Waals surface area (Å²) in [6.07, 6.45) is 0.832. The van der Waals surface area contributed by atoms with E-state index in [-0.39, 0.29) is 11.9 Å². The van der Waals surface area contributed by atoms with Gasteiger partial charge in [-0.1, -0.05) is 55.5 Å². The maximum atomic E-state index is 12.5. The minimum absolute atomic E-state index is 0.000221. The summed E-state index contributed by atoms with van der Waals surface area (Å²) in [7, 11) is 0. The van der Waals surface area contributed by atoms with Crippen molar-refractivity contribution in [3.63, 3.8) is 0 Å². The number of para-hydroxylation sites is 1. The quantitative estimate of drug-likeness (QED) is 0.534. The fraction of sp³-hybridized carbons (Fsp3) is 0.208. The number of amides is 1. The summed E-state index contributed by atoms with van der Waals surface area (Å²) >= 11 is 0. The zero-order valence-corrected chi connectivity index (χ0v) is 16.0. The lowest BCUT2D eigenvalue weighted by molar-refractivity contribution is 0.0935. The van der Waals surface area contributed by atoms with Crippen molar-refractivity contribution < 1.29 is 14.3 Å². The van der Waals surface area contributed by atoms with Gasteiger partial charge < -0.3 is 14.8 Å². The van der Waals surface area contributed by atoms with E-state index in [0.717, 1.165) is 17.7 Å². The average molecular weight is 375 g/mol. The fourth-order valence-electron chi connectivity index (χ4n) is 2.89. The van der Waals surface area contributed by atoms with Crippen LogP contribution in [0.15, 0.2) is 84.9 Å². The first-order valence-electron chi connectivity index (χ1n) is 9.53. The molecular weight excluding hydrogens is 350 g/mol. The largest absolute Gasteiger partial charge is 0.490 e. The molecule has 0 radical (unpaired) electrons. The third kappa shape index (κ3) is 5.61. The van der Waals surface area contributed by atoms with Crippen LogP contribution < -0.4 is 14.8 Å². The average Bonchev–Trinajstić information content (AvgIpc) is 2.76. The third-order valence-corrected chi connectivity index (χ3v) is 4.40. The summed E-state index contributed by atoms with van der Waals surface area (Å²) in [5.74, 6) is 1.44. The van der Waals surface area contributed by atoms with Crippen molar-refractivity contribution in [1.29, 1.82) is 0 Å². The van der Waals surface area contributed by atoms with E-state index in [9.17, 15) is 4.79 Å². The van der Waals surface area contributed by atoms with Crippen molar-refractivity contribution in [3.8, 4) is 11.5 Å². The second-order valence-corrected chi connectivity index (χ2v) is 6.38. The van der Waals surface area contributed by atoms with Gasteiger partial charge in [-0.3, -0.25) is 4.79 Å². The first kappa shape index (κ1) is 19.5. The van der Waals surface area contributed by atoms with Gasteiger partial charge in [0.25, 0.3) is 5.91 Å². The molecule has 1 amide bonds. The maximum Gasteiger partial charge on any atom is 0.251 e. The first-order valence-corrected chi connectivity index (χ1v) is 9.53. The lowest BCUT2D eigenvalue weighted by atomic mass is 10.0. The number of carbonyl (C=O) groups excluding carboxylic acids is 1. The van der Waals surface area contributed by atoms with Crippen LogP contribution in [0.25, 0.3) is 0 Å². The van der Waals surface area contributed by atoms with Gasteiger partial charge in [0, 0.05) is 5.56 Å². The zero-order valence-electron chi connectivity index (χ0n) is 16.0. The smallest absolute Gasteiger partial charge is 0.251 e. The standard InChI is InChI=1S/C24H25NO3/c1-2-23(19-9-5-3-6-10-19)25-24(26)20-13-15-22(16-14-20)28-18-17-27-21-11-7-4-8-12-21/h3-16,23H,2,17-18H2,1H3,(H,25,26). The van der Waals surface area contributed by atoms with Crippen molar-refractivity contribution in [2.45, 2.75) is 19.4 Å². The number of hydrogen-bond acceptors (Lipinski definition) is 3. The van der Waals surface area contributed by atoms with Gasteiger partial charge >= 0.3 is 0 Å². The van der Waals surface area contributed by atoms with Crippen LogP contribution >= 0.6 is 0 Å². The highest BCUT2D eigenvalue weighted by Gasteiger charge is 2.13. The van der Waals surface area contributed by atoms with E-state index in [4.69, 9.17) is 9.47 Å². The summed E-state index contributed by atoms with van der Waals surface area (Å²) in [4.78, 5) is 12.5. The molecule has 0 fully saturated rings. The molecule has 0 aliphatic heterocycles. The Morgan fingerprint density at radius 2 is 1.32 bits per heavy atom. The number of nitrogens with one attached hydrogen (secondary N) is 1. The highest BCUT2D eigenvalue weighted by atomic mass is 16.5. The van der Waals surface area contributed by atoms with Crippen LogP contribution in [0.5, 0.6) is 11.5 Å². The summed E-state index contributed by atoms with van der Waals surface area (Å²) in [6, 6.07) is 26.8. The summed E-state index contributed by atoms with van der Waals surface area (Å²) in [6.45, 7) is 2.96. The predicted octanol–water partition coefficient (Wildman–Crippen LogP) is 5.03. The molecule has 1 atom stereocenters. The van der Waals surface area contributed by atoms with Crippen LogP contribution in [0.4, 0.5) is 0 Å². The van der Waals surface area contributed by atoms with E-state index >= 15 is 0 Å². The molecule has 0 bridgehead atoms. The van der Waals surface area contributed by atoms with E-state index in [1.165, 1.54) is 0 Å². The van der Waals surface area contributed by atoms with Gasteiger partial charge in [0.1, 0.15) is 24.7 Å². The van der Waals surface area contributed by atoms with Crippen molar-refractivity contribution in [1.82, 2.24) is 5.32 Å². The van der Waals surface area contributed by atoms with Gasteiger partial charge in [-0.05, 0) is 48.4 Å². The van der Waals surface area contributed by atoms with Crippen LogP contribution in [0.3, 0.4) is 0 Å². The van der Waals surface area contributed by atoms with Crippen LogP contribution in [-0.2, 0) is 0 Å². The van der Waals surface area contributed by atoms with Crippen LogP contribution in [-0.4, -0.2) is 19.1 Å². The van der Waals surface area contributed by atoms with Gasteiger partial charge in [-0.15, -0.1) is 0 Å². The minimum atomic E-state index is -0.0883. The SMILES string of the molecule is CCC(NC(=O)c1ccc(OCCOc2ccccc2)cc1)c1ccccc1. The molecule has 0 aromatic heterocycles. The Hall–Kier alpha value is -3.27. The molecule has 0 saturated carbocycles. The Morgan fingerprint density at radius 1 is 0.786 bits per heavy atom. The van der Waals surface area contributed by atoms with Gasteiger partial charge in [-0.25, -0.2) is 0 Å². The molecule has 0 saturated heterocycles. The lowest BCUT2D eigenvalue weighted by Crippen LogP contribution is -2.28. The Labute approximate surface area is 166 Å². The van der Waals surface area contributed by atoms with Crippen molar-refractivity contribution in [2.75, 3.05) is 13.2 Å². The molecule has 0 aliphatic rings. The second-order valence-electron chi connectivity index (χ2n) is 6.38. The lowest BCUT2D eigenvalue weighted by Gasteiger charge is -2.17. The first-order chi connectivity index (χ1) is 13.8. The van der Waals surface area contributed by atoms with Crippen LogP contribution in [0.1, 0.15) is 35.3 Å². The third-order valence-electron chi connectivity index (χ3n) is 4.40. The molecule has 4 nitrogen and oxygen atoms in total. The Bertz CT molecular complexity index is 848. The zero-order chi connectivity index (χ0) is 19.6. The Morgan fingerprint density at radius 3 is 1.89 bits per heavy atom. The van der Waals surface area contributed by atoms with E-state index in [1.807, 2.05) is 60.7 Å². The number of carbonyl (C=O) groups is 1. The summed E-state index contributed by atoms with van der Waals surface area (Å²) in [5, 5.41) is 3.09. The molecule has 0 spiro atoms. The highest BCUT2D eigenvalue weighted by Crippen LogP contribution is 2.18. The van der Waals surface area contributed by atoms with Crippen molar-refractivity contribution >= 4 is 5.91 Å². The van der Waals surface area contributed by atoms with E-state index < -0.39 is 0 Å². The predicted molar refractivity (Wildman–Crippen MR) is 111 cm³/mol. The summed E-state index contributed by atoms with van der Waals surface area (Å²) in [5.41, 5.74) is 1.72. The Balaban J connectivity index is 1.48. The van der Waals surface area contributed by atoms with Crippen LogP contribution in [0.2, 0.25) is 0 Å². The van der Waals surface area contributed by atoms with Crippen LogP contribution in [0, 0.1) is 0 Å². The molecule has 144 valence electrons. The molecule has 28 heavy (non-hydrogen) atoms. The highest BCUT2D eigenvalue weighted by molar-refractivity contribution is 5.94. The number of ether oxygens (including phenoxy) is 2. The molecular formula is C24H25NO3. The molecule has 1 unspecified atom stereocenters. The summed E-state index contributed by atoms with van der Waals surface area (Å²) < 4.78 is 11.3. The second kappa shape index (κ2) is 10.2. The molecule has 0 aliphatic carbocycles. The van der Waals surface area contributed by atoms with E-state index in [0.29, 0.717) is 24.5 Å². The van der Waals surface area contributed by atoms with Gasteiger partial charge in [0.15, 0.2) is 0 Å². The van der Waals surface area contributed by atoms with Gasteiger partial charge in [-0.2, -0.15) is 0 Å². The normalized spacial score (nSPS) is 11.5. The van der Waals surface area contributed by atoms with Crippen molar-refractivity contribution in [3.05, 3.63) is 96.1 Å². The van der Waals surface area contributed by atoms with Crippen molar-refractivity contribution in [2.24, 2.45) is 0 Å². The number of hydrogen-bond donors (Lipinski definition) is 1. The molecule has 0 heterocycles. The molecule has 3 aromatic rings. The fourth-order valence-corrected chi connectivity index (χ4v) is 2.89. The molecule has 4 heteroatoms. The maximum absolute atomic E-state index is 12.5. The monoisotopic (exact) mass is 375 g/mol. The molecule has 3 rings (SSSR count). The molecule has 3 aromatic carbocycles. The van der Waals surface area contributed by atoms with Gasteiger partial charge in [0.2, 0.25) is 0 Å². The number of rotatable bonds is 9. The topological polar surface area (TPSA) is 47.6 Å². The Kier molecular flexibility index (Phi) is 7.08. The van der Waals surface area contributed by atoms with E-state index in [2.05, 4.69) is 12.2 Å². The van der Waals surface area contributed by atoms with E-state index in [1.54, 1.807) is 24.3 Å². The molecule has 1 N–H and O–H groups in total.